The van der Waals surface area contributed by atoms with Crippen molar-refractivity contribution >= 4 is 22.2 Å². The first-order valence-corrected chi connectivity index (χ1v) is 7.90. The lowest BCUT2D eigenvalue weighted by Crippen LogP contribution is -2.30. The Morgan fingerprint density at radius 3 is 3.00 bits per heavy atom. The SMILES string of the molecule is COCCNC(=O)CCNCc1c(C)nc2scc(C)n12. The van der Waals surface area contributed by atoms with Gasteiger partial charge in [-0.2, -0.15) is 0 Å². The molecule has 0 aliphatic heterocycles. The molecule has 0 spiro atoms. The summed E-state index contributed by atoms with van der Waals surface area (Å²) in [5.74, 6) is 0.0430. The highest BCUT2D eigenvalue weighted by Crippen LogP contribution is 2.20. The number of aryl methyl sites for hydroxylation is 2. The second kappa shape index (κ2) is 7.53. The minimum absolute atomic E-state index is 0.0430. The Kier molecular flexibility index (Phi) is 5.72. The molecule has 1 amide bonds. The number of rotatable bonds is 8. The van der Waals surface area contributed by atoms with Crippen LogP contribution in [0.5, 0.6) is 0 Å². The standard InChI is InChI=1S/C14H22N4O2S/c1-10-9-21-14-17-11(2)12(18(10)14)8-15-5-4-13(19)16-6-7-20-3/h9,15H,4-8H2,1-3H3,(H,16,19). The molecule has 2 heterocycles. The van der Waals surface area contributed by atoms with Crippen LogP contribution >= 0.6 is 11.3 Å². The van der Waals surface area contributed by atoms with Gasteiger partial charge in [-0.1, -0.05) is 0 Å². The highest BCUT2D eigenvalue weighted by Gasteiger charge is 2.11. The molecule has 116 valence electrons. The number of thiazole rings is 1. The Labute approximate surface area is 128 Å². The molecule has 0 bridgehead atoms. The Balaban J connectivity index is 1.79. The minimum Gasteiger partial charge on any atom is -0.383 e. The van der Waals surface area contributed by atoms with Gasteiger partial charge in [0.05, 0.1) is 18.0 Å². The van der Waals surface area contributed by atoms with E-state index in [1.54, 1.807) is 18.4 Å². The van der Waals surface area contributed by atoms with Crippen molar-refractivity contribution in [2.24, 2.45) is 0 Å². The van der Waals surface area contributed by atoms with Crippen molar-refractivity contribution in [1.29, 1.82) is 0 Å². The number of nitrogens with one attached hydrogen (secondary N) is 2. The first-order valence-electron chi connectivity index (χ1n) is 7.02. The number of hydrogen-bond donors (Lipinski definition) is 2. The van der Waals surface area contributed by atoms with Gasteiger partial charge in [0.1, 0.15) is 0 Å². The maximum Gasteiger partial charge on any atom is 0.221 e. The Morgan fingerprint density at radius 2 is 2.24 bits per heavy atom. The smallest absolute Gasteiger partial charge is 0.221 e. The second-order valence-electron chi connectivity index (χ2n) is 4.91. The van der Waals surface area contributed by atoms with Gasteiger partial charge in [0, 0.05) is 44.2 Å². The lowest BCUT2D eigenvalue weighted by Gasteiger charge is -2.07. The van der Waals surface area contributed by atoms with Crippen molar-refractivity contribution in [3.63, 3.8) is 0 Å². The summed E-state index contributed by atoms with van der Waals surface area (Å²) in [6.07, 6.45) is 0.466. The van der Waals surface area contributed by atoms with Crippen molar-refractivity contribution in [3.05, 3.63) is 22.5 Å². The zero-order valence-corrected chi connectivity index (χ0v) is 13.5. The molecule has 6 nitrogen and oxygen atoms in total. The molecule has 2 N–H and O–H groups in total. The molecule has 0 radical (unpaired) electrons. The first-order chi connectivity index (χ1) is 10.1. The third-order valence-electron chi connectivity index (χ3n) is 3.28. The molecule has 7 heteroatoms. The number of ether oxygens (including phenoxy) is 1. The summed E-state index contributed by atoms with van der Waals surface area (Å²) in [5, 5.41) is 8.22. The fourth-order valence-electron chi connectivity index (χ4n) is 2.17. The molecule has 21 heavy (non-hydrogen) atoms. The molecule has 0 unspecified atom stereocenters. The van der Waals surface area contributed by atoms with E-state index in [2.05, 4.69) is 32.3 Å². The van der Waals surface area contributed by atoms with E-state index in [1.807, 2.05) is 6.92 Å². The summed E-state index contributed by atoms with van der Waals surface area (Å²) < 4.78 is 7.06. The van der Waals surface area contributed by atoms with Gasteiger partial charge in [0.15, 0.2) is 4.96 Å². The van der Waals surface area contributed by atoms with E-state index in [9.17, 15) is 4.79 Å². The van der Waals surface area contributed by atoms with E-state index in [4.69, 9.17) is 4.74 Å². The molecule has 0 atom stereocenters. The van der Waals surface area contributed by atoms with E-state index in [0.29, 0.717) is 26.1 Å². The van der Waals surface area contributed by atoms with Crippen LogP contribution in [0.3, 0.4) is 0 Å². The van der Waals surface area contributed by atoms with Gasteiger partial charge in [-0.15, -0.1) is 11.3 Å². The van der Waals surface area contributed by atoms with Crippen LogP contribution in [-0.2, 0) is 16.1 Å². The zero-order chi connectivity index (χ0) is 15.2. The van der Waals surface area contributed by atoms with Gasteiger partial charge in [0.25, 0.3) is 0 Å². The highest BCUT2D eigenvalue weighted by molar-refractivity contribution is 7.15. The molecule has 0 saturated carbocycles. The topological polar surface area (TPSA) is 67.7 Å². The van der Waals surface area contributed by atoms with Crippen LogP contribution in [0.4, 0.5) is 0 Å². The van der Waals surface area contributed by atoms with Crippen molar-refractivity contribution in [2.45, 2.75) is 26.8 Å². The number of amides is 1. The number of aromatic nitrogens is 2. The zero-order valence-electron chi connectivity index (χ0n) is 12.7. The third kappa shape index (κ3) is 4.03. The average Bonchev–Trinajstić information content (AvgIpc) is 2.95. The monoisotopic (exact) mass is 310 g/mol. The molecule has 0 saturated heterocycles. The van der Waals surface area contributed by atoms with Crippen LogP contribution in [0.1, 0.15) is 23.5 Å². The molecule has 0 aliphatic rings. The maximum absolute atomic E-state index is 11.5. The fourth-order valence-corrected chi connectivity index (χ4v) is 3.10. The summed E-state index contributed by atoms with van der Waals surface area (Å²) in [6, 6.07) is 0. The summed E-state index contributed by atoms with van der Waals surface area (Å²) in [5.41, 5.74) is 3.41. The van der Waals surface area contributed by atoms with E-state index in [-0.39, 0.29) is 5.91 Å². The van der Waals surface area contributed by atoms with Crippen molar-refractivity contribution < 1.29 is 9.53 Å². The van der Waals surface area contributed by atoms with E-state index in [1.165, 1.54) is 11.4 Å². The number of methoxy groups -OCH3 is 1. The quantitative estimate of drug-likeness (QED) is 0.720. The fraction of sp³-hybridized carbons (Fsp3) is 0.571. The largest absolute Gasteiger partial charge is 0.383 e. The van der Waals surface area contributed by atoms with Crippen LogP contribution in [0.2, 0.25) is 0 Å². The molecule has 0 fully saturated rings. The lowest BCUT2D eigenvalue weighted by atomic mass is 10.3. The third-order valence-corrected chi connectivity index (χ3v) is 4.22. The average molecular weight is 310 g/mol. The van der Waals surface area contributed by atoms with Crippen LogP contribution in [0.25, 0.3) is 4.96 Å². The number of nitrogens with zero attached hydrogens (tertiary/aromatic N) is 2. The molecule has 0 aromatic carbocycles. The highest BCUT2D eigenvalue weighted by atomic mass is 32.1. The number of carbonyl (C=O) groups is 1. The summed E-state index contributed by atoms with van der Waals surface area (Å²) in [6.45, 7) is 6.57. The molecule has 2 rings (SSSR count). The van der Waals surface area contributed by atoms with Gasteiger partial charge in [0.2, 0.25) is 5.91 Å². The first kappa shape index (κ1) is 15.9. The molecule has 2 aromatic heterocycles. The van der Waals surface area contributed by atoms with Crippen molar-refractivity contribution in [3.8, 4) is 0 Å². The van der Waals surface area contributed by atoms with Gasteiger partial charge >= 0.3 is 0 Å². The van der Waals surface area contributed by atoms with Gasteiger partial charge in [-0.25, -0.2) is 4.98 Å². The van der Waals surface area contributed by atoms with E-state index >= 15 is 0 Å². The van der Waals surface area contributed by atoms with E-state index in [0.717, 1.165) is 17.2 Å². The van der Waals surface area contributed by atoms with Crippen LogP contribution in [-0.4, -0.2) is 42.1 Å². The summed E-state index contributed by atoms with van der Waals surface area (Å²) in [7, 11) is 1.62. The minimum atomic E-state index is 0.0430. The predicted molar refractivity (Wildman–Crippen MR) is 83.8 cm³/mol. The number of carbonyl (C=O) groups excluding carboxylic acids is 1. The van der Waals surface area contributed by atoms with E-state index < -0.39 is 0 Å². The van der Waals surface area contributed by atoms with Gasteiger partial charge in [-0.3, -0.25) is 9.20 Å². The number of hydrogen-bond acceptors (Lipinski definition) is 5. The predicted octanol–water partition coefficient (Wildman–Crippen LogP) is 1.25. The summed E-state index contributed by atoms with van der Waals surface area (Å²) >= 11 is 1.65. The van der Waals surface area contributed by atoms with Crippen molar-refractivity contribution in [2.75, 3.05) is 26.8 Å². The lowest BCUT2D eigenvalue weighted by molar-refractivity contribution is -0.121. The van der Waals surface area contributed by atoms with Crippen LogP contribution in [0.15, 0.2) is 5.38 Å². The Hall–Kier alpha value is -1.44. The molecular weight excluding hydrogens is 288 g/mol. The normalized spacial score (nSPS) is 11.2. The molecule has 0 aliphatic carbocycles. The van der Waals surface area contributed by atoms with Gasteiger partial charge in [-0.05, 0) is 13.8 Å². The molecular formula is C14H22N4O2S. The summed E-state index contributed by atoms with van der Waals surface area (Å²) in [4.78, 5) is 17.1. The maximum atomic E-state index is 11.5. The Morgan fingerprint density at radius 1 is 1.43 bits per heavy atom. The van der Waals surface area contributed by atoms with Crippen LogP contribution in [0, 0.1) is 13.8 Å². The van der Waals surface area contributed by atoms with Crippen molar-refractivity contribution in [1.82, 2.24) is 20.0 Å². The van der Waals surface area contributed by atoms with Crippen LogP contribution < -0.4 is 10.6 Å². The Bertz CT molecular complexity index is 605. The second-order valence-corrected chi connectivity index (χ2v) is 5.75. The number of fused-ring (bicyclic) bond motifs is 1. The van der Waals surface area contributed by atoms with Gasteiger partial charge < -0.3 is 15.4 Å². The number of imidazole rings is 1. The molecule has 2 aromatic rings.